The molecule has 0 aliphatic heterocycles. The Morgan fingerprint density at radius 2 is 1.87 bits per heavy atom. The summed E-state index contributed by atoms with van der Waals surface area (Å²) >= 11 is 0. The molecule has 0 atom stereocenters. The fourth-order valence-corrected chi connectivity index (χ4v) is 1.84. The number of nitrogens with one attached hydrogen (secondary N) is 3. The molecule has 0 amide bonds. The number of nitrogens with zero attached hydrogens (tertiary/aromatic N) is 3. The molecule has 0 unspecified atom stereocenters. The van der Waals surface area contributed by atoms with Crippen LogP contribution in [0.25, 0.3) is 0 Å². The molecule has 8 nitrogen and oxygen atoms in total. The van der Waals surface area contributed by atoms with Crippen molar-refractivity contribution in [2.24, 2.45) is 0 Å². The third-order valence-electron chi connectivity index (χ3n) is 2.84. The number of hydrogen-bond donors (Lipinski definition) is 3. The van der Waals surface area contributed by atoms with Crippen LogP contribution in [0.4, 0.5) is 23.0 Å². The molecule has 0 spiro atoms. The van der Waals surface area contributed by atoms with Gasteiger partial charge >= 0.3 is 5.69 Å². The van der Waals surface area contributed by atoms with Crippen LogP contribution in [0.3, 0.4) is 0 Å². The van der Waals surface area contributed by atoms with Crippen LogP contribution in [0.2, 0.25) is 0 Å². The van der Waals surface area contributed by atoms with Crippen molar-refractivity contribution in [3.63, 3.8) is 0 Å². The van der Waals surface area contributed by atoms with E-state index < -0.39 is 4.92 Å². The van der Waals surface area contributed by atoms with Crippen molar-refractivity contribution in [3.8, 4) is 0 Å². The fraction of sp³-hybridized carbons (Fsp3) is 0.333. The SMILES string of the molecule is Cc1cccc(Nc2ncnc(NNC(C)(C)C)c2[N+](=O)[O-])c1. The minimum absolute atomic E-state index is 0.107. The monoisotopic (exact) mass is 316 g/mol. The summed E-state index contributed by atoms with van der Waals surface area (Å²) in [6.07, 6.45) is 1.28. The zero-order chi connectivity index (χ0) is 17.0. The highest BCUT2D eigenvalue weighted by Crippen LogP contribution is 2.31. The molecule has 3 N–H and O–H groups in total. The van der Waals surface area contributed by atoms with Crippen LogP contribution < -0.4 is 16.2 Å². The summed E-state index contributed by atoms with van der Waals surface area (Å²) in [5.41, 5.74) is 7.02. The maximum Gasteiger partial charge on any atom is 0.354 e. The van der Waals surface area contributed by atoms with Crippen molar-refractivity contribution in [1.82, 2.24) is 15.4 Å². The summed E-state index contributed by atoms with van der Waals surface area (Å²) in [7, 11) is 0. The molecule has 0 fully saturated rings. The Morgan fingerprint density at radius 3 is 2.48 bits per heavy atom. The largest absolute Gasteiger partial charge is 0.354 e. The molecule has 8 heteroatoms. The van der Waals surface area contributed by atoms with Crippen LogP contribution in [-0.4, -0.2) is 20.4 Å². The van der Waals surface area contributed by atoms with Crippen LogP contribution in [0.15, 0.2) is 30.6 Å². The molecule has 2 rings (SSSR count). The summed E-state index contributed by atoms with van der Waals surface area (Å²) in [5, 5.41) is 14.4. The van der Waals surface area contributed by atoms with Gasteiger partial charge in [0, 0.05) is 11.2 Å². The standard InChI is InChI=1S/C15H20N6O2/c1-10-6-5-7-11(8-10)18-13-12(21(22)23)14(17-9-16-13)19-20-15(2,3)4/h5-9,20H,1-4H3,(H2,16,17,18,19). The van der Waals surface area contributed by atoms with Gasteiger partial charge in [0.15, 0.2) is 0 Å². The predicted molar refractivity (Wildman–Crippen MR) is 89.7 cm³/mol. The highest BCUT2D eigenvalue weighted by Gasteiger charge is 2.24. The van der Waals surface area contributed by atoms with Gasteiger partial charge in [-0.25, -0.2) is 15.4 Å². The first-order chi connectivity index (χ1) is 10.8. The Morgan fingerprint density at radius 1 is 1.17 bits per heavy atom. The Bertz CT molecular complexity index is 711. The number of aryl methyl sites for hydroxylation is 1. The van der Waals surface area contributed by atoms with E-state index in [0.29, 0.717) is 0 Å². The van der Waals surface area contributed by atoms with Crippen LogP contribution in [0.5, 0.6) is 0 Å². The smallest absolute Gasteiger partial charge is 0.334 e. The van der Waals surface area contributed by atoms with E-state index in [0.717, 1.165) is 11.3 Å². The zero-order valence-corrected chi connectivity index (χ0v) is 13.5. The van der Waals surface area contributed by atoms with Crippen molar-refractivity contribution in [3.05, 3.63) is 46.3 Å². The quantitative estimate of drug-likeness (QED) is 0.574. The third-order valence-corrected chi connectivity index (χ3v) is 2.84. The molecular formula is C15H20N6O2. The maximum absolute atomic E-state index is 11.4. The van der Waals surface area contributed by atoms with Gasteiger partial charge in [0.25, 0.3) is 0 Å². The highest BCUT2D eigenvalue weighted by atomic mass is 16.6. The van der Waals surface area contributed by atoms with E-state index in [1.165, 1.54) is 6.33 Å². The molecule has 1 aromatic carbocycles. The molecule has 122 valence electrons. The second-order valence-electron chi connectivity index (χ2n) is 6.17. The number of hydrogen-bond acceptors (Lipinski definition) is 7. The normalized spacial score (nSPS) is 11.1. The van der Waals surface area contributed by atoms with Gasteiger partial charge in [-0.3, -0.25) is 15.5 Å². The molecule has 0 saturated carbocycles. The second-order valence-corrected chi connectivity index (χ2v) is 6.17. The molecule has 0 bridgehead atoms. The van der Waals surface area contributed by atoms with Crippen LogP contribution >= 0.6 is 0 Å². The number of benzene rings is 1. The van der Waals surface area contributed by atoms with Crippen LogP contribution in [-0.2, 0) is 0 Å². The molecule has 0 saturated heterocycles. The summed E-state index contributed by atoms with van der Waals surface area (Å²) in [6.45, 7) is 7.73. The van der Waals surface area contributed by atoms with Crippen LogP contribution in [0, 0.1) is 17.0 Å². The molecule has 0 radical (unpaired) electrons. The van der Waals surface area contributed by atoms with E-state index in [2.05, 4.69) is 26.1 Å². The van der Waals surface area contributed by atoms with E-state index in [1.54, 1.807) is 0 Å². The first-order valence-electron chi connectivity index (χ1n) is 7.12. The summed E-state index contributed by atoms with van der Waals surface area (Å²) in [4.78, 5) is 18.9. The van der Waals surface area contributed by atoms with Gasteiger partial charge < -0.3 is 5.32 Å². The van der Waals surface area contributed by atoms with Crippen molar-refractivity contribution >= 4 is 23.0 Å². The van der Waals surface area contributed by atoms with E-state index in [1.807, 2.05) is 52.0 Å². The number of rotatable bonds is 5. The number of hydrazine groups is 1. The first kappa shape index (κ1) is 16.6. The van der Waals surface area contributed by atoms with E-state index in [4.69, 9.17) is 0 Å². The zero-order valence-electron chi connectivity index (χ0n) is 13.5. The number of aromatic nitrogens is 2. The molecule has 0 aliphatic rings. The lowest BCUT2D eigenvalue weighted by Crippen LogP contribution is -2.40. The highest BCUT2D eigenvalue weighted by molar-refractivity contribution is 5.73. The van der Waals surface area contributed by atoms with Crippen molar-refractivity contribution in [1.29, 1.82) is 0 Å². The van der Waals surface area contributed by atoms with Gasteiger partial charge in [-0.2, -0.15) is 0 Å². The lowest BCUT2D eigenvalue weighted by Gasteiger charge is -2.21. The van der Waals surface area contributed by atoms with Gasteiger partial charge in [0.1, 0.15) is 6.33 Å². The molecule has 1 aromatic heterocycles. The lowest BCUT2D eigenvalue weighted by atomic mass is 10.1. The first-order valence-corrected chi connectivity index (χ1v) is 7.12. The Balaban J connectivity index is 2.34. The number of anilines is 3. The van der Waals surface area contributed by atoms with Gasteiger partial charge in [-0.1, -0.05) is 12.1 Å². The maximum atomic E-state index is 11.4. The van der Waals surface area contributed by atoms with Crippen molar-refractivity contribution in [2.75, 3.05) is 10.7 Å². The Hall–Kier alpha value is -2.74. The Labute approximate surface area is 134 Å². The van der Waals surface area contributed by atoms with E-state index in [9.17, 15) is 10.1 Å². The Kier molecular flexibility index (Phi) is 4.75. The topological polar surface area (TPSA) is 105 Å². The minimum Gasteiger partial charge on any atom is -0.334 e. The summed E-state index contributed by atoms with van der Waals surface area (Å²) in [5.74, 6) is 0.240. The van der Waals surface area contributed by atoms with Crippen molar-refractivity contribution in [2.45, 2.75) is 33.2 Å². The van der Waals surface area contributed by atoms with Gasteiger partial charge in [0.2, 0.25) is 11.6 Å². The molecule has 0 aliphatic carbocycles. The van der Waals surface area contributed by atoms with E-state index >= 15 is 0 Å². The third kappa shape index (κ3) is 4.62. The average molecular weight is 316 g/mol. The second kappa shape index (κ2) is 6.57. The van der Waals surface area contributed by atoms with Gasteiger partial charge in [0.05, 0.1) is 4.92 Å². The predicted octanol–water partition coefficient (Wildman–Crippen LogP) is 3.15. The molecule has 23 heavy (non-hydrogen) atoms. The number of nitro groups is 1. The lowest BCUT2D eigenvalue weighted by molar-refractivity contribution is -0.383. The fourth-order valence-electron chi connectivity index (χ4n) is 1.84. The van der Waals surface area contributed by atoms with Crippen LogP contribution in [0.1, 0.15) is 26.3 Å². The van der Waals surface area contributed by atoms with E-state index in [-0.39, 0.29) is 22.9 Å². The molecular weight excluding hydrogens is 296 g/mol. The van der Waals surface area contributed by atoms with Gasteiger partial charge in [-0.15, -0.1) is 0 Å². The molecule has 2 aromatic rings. The molecule has 1 heterocycles. The van der Waals surface area contributed by atoms with Gasteiger partial charge in [-0.05, 0) is 45.4 Å². The van der Waals surface area contributed by atoms with Crippen molar-refractivity contribution < 1.29 is 4.92 Å². The average Bonchev–Trinajstić information content (AvgIpc) is 2.44. The summed E-state index contributed by atoms with van der Waals surface area (Å²) < 4.78 is 0. The minimum atomic E-state index is -0.509. The summed E-state index contributed by atoms with van der Waals surface area (Å²) in [6, 6.07) is 7.51.